The highest BCUT2D eigenvalue weighted by Gasteiger charge is 2.30. The van der Waals surface area contributed by atoms with Crippen molar-refractivity contribution >= 4 is 11.7 Å². The largest absolute Gasteiger partial charge is 0.322 e. The quantitative estimate of drug-likeness (QED) is 0.912. The van der Waals surface area contributed by atoms with Crippen molar-refractivity contribution in [3.8, 4) is 0 Å². The lowest BCUT2D eigenvalue weighted by molar-refractivity contribution is 0.116. The van der Waals surface area contributed by atoms with E-state index in [4.69, 9.17) is 0 Å². The van der Waals surface area contributed by atoms with Crippen LogP contribution in [0.3, 0.4) is 0 Å². The first-order chi connectivity index (χ1) is 11.6. The fraction of sp³-hybridized carbons (Fsp3) is 0.350. The fourth-order valence-corrected chi connectivity index (χ4v) is 3.31. The van der Waals surface area contributed by atoms with E-state index in [0.717, 1.165) is 36.4 Å². The van der Waals surface area contributed by atoms with E-state index in [1.807, 2.05) is 55.1 Å². The zero-order chi connectivity index (χ0) is 17.1. The van der Waals surface area contributed by atoms with Gasteiger partial charge in [0.05, 0.1) is 6.04 Å². The van der Waals surface area contributed by atoms with E-state index < -0.39 is 0 Å². The molecule has 0 spiro atoms. The van der Waals surface area contributed by atoms with Crippen molar-refractivity contribution in [3.63, 3.8) is 0 Å². The molecule has 0 saturated carbocycles. The van der Waals surface area contributed by atoms with Gasteiger partial charge in [-0.25, -0.2) is 4.79 Å². The van der Waals surface area contributed by atoms with Crippen molar-refractivity contribution in [2.45, 2.75) is 19.9 Å². The number of hydrogen-bond donors (Lipinski definition) is 1. The second-order valence-electron chi connectivity index (χ2n) is 6.58. The third-order valence-corrected chi connectivity index (χ3v) is 4.74. The lowest BCUT2D eigenvalue weighted by atomic mass is 10.0. The van der Waals surface area contributed by atoms with Crippen molar-refractivity contribution in [2.24, 2.45) is 0 Å². The second-order valence-corrected chi connectivity index (χ2v) is 6.58. The minimum absolute atomic E-state index is 0.0191. The van der Waals surface area contributed by atoms with Crippen molar-refractivity contribution in [2.75, 3.05) is 32.0 Å². The van der Waals surface area contributed by atoms with Gasteiger partial charge in [-0.3, -0.25) is 0 Å². The van der Waals surface area contributed by atoms with Gasteiger partial charge in [-0.1, -0.05) is 48.5 Å². The van der Waals surface area contributed by atoms with Gasteiger partial charge in [0.2, 0.25) is 0 Å². The summed E-state index contributed by atoms with van der Waals surface area (Å²) in [6.07, 6.45) is 0. The summed E-state index contributed by atoms with van der Waals surface area (Å²) < 4.78 is 0. The monoisotopic (exact) mass is 323 g/mol. The lowest BCUT2D eigenvalue weighted by Gasteiger charge is -2.40. The standard InChI is InChI=1S/C20H25N3O/c1-15-8-7-9-16(2)19(15)21-20(24)23-13-12-22(3)14-18(23)17-10-5-4-6-11-17/h4-11,18H,12-14H2,1-3H3,(H,21,24). The summed E-state index contributed by atoms with van der Waals surface area (Å²) in [4.78, 5) is 17.2. The minimum Gasteiger partial charge on any atom is -0.315 e. The average molecular weight is 323 g/mol. The number of aryl methyl sites for hydroxylation is 2. The molecule has 2 amide bonds. The Balaban J connectivity index is 1.84. The van der Waals surface area contributed by atoms with Gasteiger partial charge in [0.15, 0.2) is 0 Å². The van der Waals surface area contributed by atoms with E-state index in [2.05, 4.69) is 29.4 Å². The molecule has 3 rings (SSSR count). The molecule has 1 fully saturated rings. The van der Waals surface area contributed by atoms with Crippen molar-refractivity contribution < 1.29 is 4.79 Å². The molecule has 2 aromatic rings. The first-order valence-corrected chi connectivity index (χ1v) is 8.43. The molecule has 0 bridgehead atoms. The molecule has 24 heavy (non-hydrogen) atoms. The third-order valence-electron chi connectivity index (χ3n) is 4.74. The van der Waals surface area contributed by atoms with Gasteiger partial charge in [-0.15, -0.1) is 0 Å². The number of urea groups is 1. The number of anilines is 1. The Labute approximate surface area is 144 Å². The Hall–Kier alpha value is -2.33. The van der Waals surface area contributed by atoms with E-state index in [1.165, 1.54) is 5.56 Å². The van der Waals surface area contributed by atoms with Gasteiger partial charge in [0.25, 0.3) is 0 Å². The Kier molecular flexibility index (Phi) is 4.86. The van der Waals surface area contributed by atoms with Gasteiger partial charge in [0, 0.05) is 25.3 Å². The number of nitrogens with zero attached hydrogens (tertiary/aromatic N) is 2. The average Bonchev–Trinajstić information content (AvgIpc) is 2.59. The van der Waals surface area contributed by atoms with Crippen molar-refractivity contribution in [3.05, 3.63) is 65.2 Å². The fourth-order valence-electron chi connectivity index (χ4n) is 3.31. The number of rotatable bonds is 2. The maximum absolute atomic E-state index is 13.0. The van der Waals surface area contributed by atoms with Gasteiger partial charge >= 0.3 is 6.03 Å². The highest BCUT2D eigenvalue weighted by Crippen LogP contribution is 2.27. The number of likely N-dealkylation sites (N-methyl/N-ethyl adjacent to an activating group) is 1. The summed E-state index contributed by atoms with van der Waals surface area (Å²) >= 11 is 0. The van der Waals surface area contributed by atoms with E-state index in [9.17, 15) is 4.79 Å². The molecule has 0 aliphatic carbocycles. The molecule has 1 unspecified atom stereocenters. The molecule has 2 aromatic carbocycles. The highest BCUT2D eigenvalue weighted by molar-refractivity contribution is 5.91. The van der Waals surface area contributed by atoms with Gasteiger partial charge < -0.3 is 15.1 Å². The van der Waals surface area contributed by atoms with Crippen molar-refractivity contribution in [1.82, 2.24) is 9.80 Å². The second kappa shape index (κ2) is 7.05. The van der Waals surface area contributed by atoms with E-state index in [0.29, 0.717) is 0 Å². The van der Waals surface area contributed by atoms with E-state index in [1.54, 1.807) is 0 Å². The van der Waals surface area contributed by atoms with Crippen LogP contribution >= 0.6 is 0 Å². The molecule has 1 heterocycles. The number of para-hydroxylation sites is 1. The first-order valence-electron chi connectivity index (χ1n) is 8.43. The maximum Gasteiger partial charge on any atom is 0.322 e. The van der Waals surface area contributed by atoms with Crippen LogP contribution < -0.4 is 5.32 Å². The van der Waals surface area contributed by atoms with Crippen LogP contribution in [0.15, 0.2) is 48.5 Å². The van der Waals surface area contributed by atoms with Gasteiger partial charge in [0.1, 0.15) is 0 Å². The molecule has 0 radical (unpaired) electrons. The summed E-state index contributed by atoms with van der Waals surface area (Å²) in [5, 5.41) is 3.13. The van der Waals surface area contributed by atoms with Crippen LogP contribution in [0.25, 0.3) is 0 Å². The maximum atomic E-state index is 13.0. The number of piperazine rings is 1. The zero-order valence-electron chi connectivity index (χ0n) is 14.6. The Bertz CT molecular complexity index is 694. The molecule has 1 N–H and O–H groups in total. The smallest absolute Gasteiger partial charge is 0.315 e. The number of benzene rings is 2. The normalized spacial score (nSPS) is 18.5. The van der Waals surface area contributed by atoms with Crippen LogP contribution in [-0.2, 0) is 0 Å². The summed E-state index contributed by atoms with van der Waals surface area (Å²) in [7, 11) is 2.11. The van der Waals surface area contributed by atoms with Gasteiger partial charge in [-0.2, -0.15) is 0 Å². The number of carbonyl (C=O) groups is 1. The Morgan fingerprint density at radius 3 is 2.33 bits per heavy atom. The minimum atomic E-state index is -0.0191. The Morgan fingerprint density at radius 2 is 1.67 bits per heavy atom. The predicted octanol–water partition coefficient (Wildman–Crippen LogP) is 3.82. The van der Waals surface area contributed by atoms with Crippen LogP contribution in [-0.4, -0.2) is 42.5 Å². The topological polar surface area (TPSA) is 35.6 Å². The molecule has 4 heteroatoms. The number of nitrogens with one attached hydrogen (secondary N) is 1. The number of hydrogen-bond acceptors (Lipinski definition) is 2. The van der Waals surface area contributed by atoms with E-state index >= 15 is 0 Å². The summed E-state index contributed by atoms with van der Waals surface area (Å²) in [6, 6.07) is 16.4. The van der Waals surface area contributed by atoms with Crippen LogP contribution in [0, 0.1) is 13.8 Å². The molecule has 0 aromatic heterocycles. The molecule has 4 nitrogen and oxygen atoms in total. The first kappa shape index (κ1) is 16.5. The molecule has 1 aliphatic rings. The Morgan fingerprint density at radius 1 is 1.00 bits per heavy atom. The van der Waals surface area contributed by atoms with Crippen molar-refractivity contribution in [1.29, 1.82) is 0 Å². The molecule has 1 aliphatic heterocycles. The lowest BCUT2D eigenvalue weighted by Crippen LogP contribution is -2.50. The number of carbonyl (C=O) groups excluding carboxylic acids is 1. The molecule has 1 saturated heterocycles. The molecular formula is C20H25N3O. The SMILES string of the molecule is Cc1cccc(C)c1NC(=O)N1CCN(C)CC1c1ccccc1. The van der Waals surface area contributed by atoms with Crippen LogP contribution in [0.2, 0.25) is 0 Å². The highest BCUT2D eigenvalue weighted by atomic mass is 16.2. The summed E-state index contributed by atoms with van der Waals surface area (Å²) in [6.45, 7) is 6.53. The third kappa shape index (κ3) is 3.44. The molecule has 1 atom stereocenters. The zero-order valence-corrected chi connectivity index (χ0v) is 14.6. The summed E-state index contributed by atoms with van der Waals surface area (Å²) in [5.74, 6) is 0. The van der Waals surface area contributed by atoms with Crippen LogP contribution in [0.1, 0.15) is 22.7 Å². The van der Waals surface area contributed by atoms with Gasteiger partial charge in [-0.05, 0) is 37.6 Å². The number of amides is 2. The molecular weight excluding hydrogens is 298 g/mol. The predicted molar refractivity (Wildman–Crippen MR) is 98.3 cm³/mol. The van der Waals surface area contributed by atoms with Crippen LogP contribution in [0.5, 0.6) is 0 Å². The van der Waals surface area contributed by atoms with E-state index in [-0.39, 0.29) is 12.1 Å². The summed E-state index contributed by atoms with van der Waals surface area (Å²) in [5.41, 5.74) is 4.29. The molecule has 126 valence electrons. The van der Waals surface area contributed by atoms with Crippen LogP contribution in [0.4, 0.5) is 10.5 Å².